The van der Waals surface area contributed by atoms with E-state index in [0.29, 0.717) is 15.8 Å². The van der Waals surface area contributed by atoms with Gasteiger partial charge in [0.25, 0.3) is 0 Å². The summed E-state index contributed by atoms with van der Waals surface area (Å²) < 4.78 is 17.0. The zero-order valence-electron chi connectivity index (χ0n) is 10.4. The number of halogens is 3. The van der Waals surface area contributed by atoms with Crippen molar-refractivity contribution in [2.75, 3.05) is 0 Å². The molecule has 0 aliphatic rings. The SMILES string of the molecule is Cc1cc(-n2c(=S)[nH]c3cc(Cl)c(F)cc32)ccc1Br. The van der Waals surface area contributed by atoms with Crippen molar-refractivity contribution in [1.82, 2.24) is 9.55 Å². The van der Waals surface area contributed by atoms with E-state index in [4.69, 9.17) is 23.8 Å². The van der Waals surface area contributed by atoms with Crippen molar-refractivity contribution in [3.05, 3.63) is 56.0 Å². The zero-order valence-corrected chi connectivity index (χ0v) is 13.5. The standard InChI is InChI=1S/C14H9BrClFN2S/c1-7-4-8(2-3-9(7)15)19-13-6-11(17)10(16)5-12(13)18-14(19)20/h2-6H,1H3,(H,18,20). The van der Waals surface area contributed by atoms with E-state index in [-0.39, 0.29) is 5.02 Å². The molecule has 0 aliphatic heterocycles. The maximum Gasteiger partial charge on any atom is 0.182 e. The molecule has 3 rings (SSSR count). The summed E-state index contributed by atoms with van der Waals surface area (Å²) in [5.74, 6) is -0.462. The van der Waals surface area contributed by atoms with Crippen molar-refractivity contribution in [3.63, 3.8) is 0 Å². The van der Waals surface area contributed by atoms with Crippen LogP contribution in [0, 0.1) is 17.5 Å². The number of H-pyrrole nitrogens is 1. The van der Waals surface area contributed by atoms with Crippen LogP contribution in [0.5, 0.6) is 0 Å². The first-order valence-electron chi connectivity index (χ1n) is 5.83. The van der Waals surface area contributed by atoms with E-state index in [1.54, 1.807) is 10.6 Å². The number of nitrogens with one attached hydrogen (secondary N) is 1. The molecule has 0 aliphatic carbocycles. The lowest BCUT2D eigenvalue weighted by molar-refractivity contribution is 0.629. The van der Waals surface area contributed by atoms with Crippen molar-refractivity contribution < 1.29 is 4.39 Å². The highest BCUT2D eigenvalue weighted by Crippen LogP contribution is 2.27. The second-order valence-corrected chi connectivity index (χ2v) is 6.13. The van der Waals surface area contributed by atoms with Crippen molar-refractivity contribution in [3.8, 4) is 5.69 Å². The van der Waals surface area contributed by atoms with Crippen LogP contribution in [-0.4, -0.2) is 9.55 Å². The molecule has 0 radical (unpaired) electrons. The Morgan fingerprint density at radius 3 is 2.75 bits per heavy atom. The molecule has 0 amide bonds. The molecule has 1 aromatic heterocycles. The average Bonchev–Trinajstić information content (AvgIpc) is 2.69. The van der Waals surface area contributed by atoms with Crippen molar-refractivity contribution in [2.24, 2.45) is 0 Å². The molecular weight excluding hydrogens is 363 g/mol. The van der Waals surface area contributed by atoms with Gasteiger partial charge in [-0.15, -0.1) is 0 Å². The highest BCUT2D eigenvalue weighted by Gasteiger charge is 2.11. The van der Waals surface area contributed by atoms with E-state index in [1.165, 1.54) is 6.07 Å². The molecule has 102 valence electrons. The van der Waals surface area contributed by atoms with Crippen LogP contribution in [0.1, 0.15) is 5.56 Å². The smallest absolute Gasteiger partial charge is 0.182 e. The fourth-order valence-electron chi connectivity index (χ4n) is 2.13. The van der Waals surface area contributed by atoms with Gasteiger partial charge in [0.15, 0.2) is 4.77 Å². The Morgan fingerprint density at radius 2 is 2.05 bits per heavy atom. The van der Waals surface area contributed by atoms with E-state index in [0.717, 1.165) is 15.7 Å². The van der Waals surface area contributed by atoms with Gasteiger partial charge in [-0.25, -0.2) is 4.39 Å². The van der Waals surface area contributed by atoms with Crippen LogP contribution in [-0.2, 0) is 0 Å². The highest BCUT2D eigenvalue weighted by molar-refractivity contribution is 9.10. The first-order chi connectivity index (χ1) is 9.47. The molecule has 0 atom stereocenters. The molecule has 1 heterocycles. The van der Waals surface area contributed by atoms with Gasteiger partial charge in [-0.05, 0) is 49.0 Å². The number of fused-ring (bicyclic) bond motifs is 1. The summed E-state index contributed by atoms with van der Waals surface area (Å²) in [6.45, 7) is 1.99. The fraction of sp³-hybridized carbons (Fsp3) is 0.0714. The summed E-state index contributed by atoms with van der Waals surface area (Å²) in [6.07, 6.45) is 0. The maximum atomic E-state index is 13.7. The summed E-state index contributed by atoms with van der Waals surface area (Å²) in [6, 6.07) is 8.79. The summed E-state index contributed by atoms with van der Waals surface area (Å²) in [4.78, 5) is 3.04. The number of rotatable bonds is 1. The third kappa shape index (κ3) is 2.20. The Bertz CT molecular complexity index is 885. The van der Waals surface area contributed by atoms with Crippen molar-refractivity contribution >= 4 is 50.8 Å². The van der Waals surface area contributed by atoms with Crippen LogP contribution < -0.4 is 0 Å². The number of aromatic nitrogens is 2. The van der Waals surface area contributed by atoms with E-state index in [2.05, 4.69) is 20.9 Å². The quantitative estimate of drug-likeness (QED) is 0.556. The Kier molecular flexibility index (Phi) is 3.44. The van der Waals surface area contributed by atoms with Crippen LogP contribution in [0.15, 0.2) is 34.8 Å². The lowest BCUT2D eigenvalue weighted by Crippen LogP contribution is -1.95. The van der Waals surface area contributed by atoms with E-state index in [1.807, 2.05) is 25.1 Å². The Hall–Kier alpha value is -1.17. The Balaban J connectivity index is 2.35. The minimum atomic E-state index is -0.462. The molecule has 6 heteroatoms. The number of aromatic amines is 1. The normalized spacial score (nSPS) is 11.2. The van der Waals surface area contributed by atoms with Gasteiger partial charge in [0.1, 0.15) is 5.82 Å². The van der Waals surface area contributed by atoms with Crippen molar-refractivity contribution in [1.29, 1.82) is 0 Å². The summed E-state index contributed by atoms with van der Waals surface area (Å²) in [5, 5.41) is 0.0767. The molecule has 0 spiro atoms. The monoisotopic (exact) mass is 370 g/mol. The molecule has 0 fully saturated rings. The maximum absolute atomic E-state index is 13.7. The van der Waals surface area contributed by atoms with Gasteiger partial charge < -0.3 is 4.98 Å². The largest absolute Gasteiger partial charge is 0.330 e. The van der Waals surface area contributed by atoms with Crippen LogP contribution >= 0.6 is 39.7 Å². The van der Waals surface area contributed by atoms with Crippen molar-refractivity contribution in [2.45, 2.75) is 6.92 Å². The van der Waals surface area contributed by atoms with Gasteiger partial charge >= 0.3 is 0 Å². The summed E-state index contributed by atoms with van der Waals surface area (Å²) in [5.41, 5.74) is 3.33. The molecule has 0 saturated heterocycles. The molecule has 1 N–H and O–H groups in total. The minimum absolute atomic E-state index is 0.0767. The summed E-state index contributed by atoms with van der Waals surface area (Å²) >= 11 is 14.6. The van der Waals surface area contributed by atoms with E-state index >= 15 is 0 Å². The molecule has 20 heavy (non-hydrogen) atoms. The third-order valence-electron chi connectivity index (χ3n) is 3.12. The molecule has 2 aromatic carbocycles. The van der Waals surface area contributed by atoms with Gasteiger partial charge in [0.05, 0.1) is 16.1 Å². The number of imidazole rings is 1. The average molecular weight is 372 g/mol. The minimum Gasteiger partial charge on any atom is -0.330 e. The van der Waals surface area contributed by atoms with Gasteiger partial charge in [-0.1, -0.05) is 27.5 Å². The Labute approximate surface area is 133 Å². The van der Waals surface area contributed by atoms with E-state index in [9.17, 15) is 4.39 Å². The molecule has 0 saturated carbocycles. The number of hydrogen-bond acceptors (Lipinski definition) is 1. The fourth-order valence-corrected chi connectivity index (χ4v) is 2.85. The predicted molar refractivity (Wildman–Crippen MR) is 85.9 cm³/mol. The molecule has 0 unspecified atom stereocenters. The number of nitrogens with zero attached hydrogens (tertiary/aromatic N) is 1. The highest BCUT2D eigenvalue weighted by atomic mass is 79.9. The molecule has 2 nitrogen and oxygen atoms in total. The van der Waals surface area contributed by atoms with Crippen LogP contribution in [0.2, 0.25) is 5.02 Å². The first kappa shape index (κ1) is 13.8. The lowest BCUT2D eigenvalue weighted by atomic mass is 10.2. The third-order valence-corrected chi connectivity index (χ3v) is 4.59. The number of benzene rings is 2. The van der Waals surface area contributed by atoms with Crippen LogP contribution in [0.25, 0.3) is 16.7 Å². The van der Waals surface area contributed by atoms with Crippen LogP contribution in [0.3, 0.4) is 0 Å². The molecule has 3 aromatic rings. The lowest BCUT2D eigenvalue weighted by Gasteiger charge is -2.07. The first-order valence-corrected chi connectivity index (χ1v) is 7.41. The van der Waals surface area contributed by atoms with Gasteiger partial charge in [0.2, 0.25) is 0 Å². The van der Waals surface area contributed by atoms with E-state index < -0.39 is 5.82 Å². The summed E-state index contributed by atoms with van der Waals surface area (Å²) in [7, 11) is 0. The Morgan fingerprint density at radius 1 is 1.30 bits per heavy atom. The molecular formula is C14H9BrClFN2S. The second kappa shape index (κ2) is 4.98. The van der Waals surface area contributed by atoms with Crippen LogP contribution in [0.4, 0.5) is 4.39 Å². The second-order valence-electron chi connectivity index (χ2n) is 4.48. The number of aryl methyl sites for hydroxylation is 1. The predicted octanol–water partition coefficient (Wildman–Crippen LogP) is 5.55. The van der Waals surface area contributed by atoms with Gasteiger partial charge in [-0.2, -0.15) is 0 Å². The topological polar surface area (TPSA) is 20.7 Å². The molecule has 0 bridgehead atoms. The van der Waals surface area contributed by atoms with Gasteiger partial charge in [0, 0.05) is 16.2 Å². The number of hydrogen-bond donors (Lipinski definition) is 1. The van der Waals surface area contributed by atoms with Gasteiger partial charge in [-0.3, -0.25) is 4.57 Å². The zero-order chi connectivity index (χ0) is 14.4.